The molecule has 11 heavy (non-hydrogen) atoms. The molecule has 0 spiro atoms. The van der Waals surface area contributed by atoms with Crippen LogP contribution in [0.3, 0.4) is 0 Å². The van der Waals surface area contributed by atoms with Gasteiger partial charge in [-0.3, -0.25) is 4.68 Å². The lowest BCUT2D eigenvalue weighted by Crippen LogP contribution is -1.91. The van der Waals surface area contributed by atoms with Crippen LogP contribution in [0.5, 0.6) is 0 Å². The molecule has 0 atom stereocenters. The number of rotatable bonds is 1. The van der Waals surface area contributed by atoms with E-state index < -0.39 is 0 Å². The van der Waals surface area contributed by atoms with Gasteiger partial charge in [-0.15, -0.1) is 0 Å². The van der Waals surface area contributed by atoms with Crippen molar-refractivity contribution >= 4 is 0 Å². The highest BCUT2D eigenvalue weighted by Crippen LogP contribution is 2.17. The Hall–Kier alpha value is -1.51. The van der Waals surface area contributed by atoms with E-state index in [1.165, 1.54) is 0 Å². The average molecular weight is 148 g/mol. The topological polar surface area (TPSA) is 31.0 Å². The Morgan fingerprint density at radius 2 is 2.36 bits per heavy atom. The lowest BCUT2D eigenvalue weighted by atomic mass is 10.2. The maximum absolute atomic E-state index is 4.95. The van der Waals surface area contributed by atoms with Gasteiger partial charge in [-0.25, -0.2) is 0 Å². The van der Waals surface area contributed by atoms with Crippen molar-refractivity contribution < 1.29 is 4.42 Å². The van der Waals surface area contributed by atoms with E-state index in [1.807, 2.05) is 23.9 Å². The van der Waals surface area contributed by atoms with Gasteiger partial charge in [-0.2, -0.15) is 5.10 Å². The zero-order valence-electron chi connectivity index (χ0n) is 6.19. The number of furan rings is 1. The van der Waals surface area contributed by atoms with Crippen LogP contribution in [0.4, 0.5) is 0 Å². The fraction of sp³-hybridized carbons (Fsp3) is 0.125. The minimum absolute atomic E-state index is 1.06. The van der Waals surface area contributed by atoms with E-state index in [4.69, 9.17) is 4.42 Å². The Labute approximate surface area is 64.3 Å². The number of nitrogens with zero attached hydrogens (tertiary/aromatic N) is 2. The molecule has 0 fully saturated rings. The molecule has 0 aliphatic heterocycles. The minimum atomic E-state index is 1.06. The van der Waals surface area contributed by atoms with Gasteiger partial charge in [-0.1, -0.05) is 0 Å². The quantitative estimate of drug-likeness (QED) is 0.616. The van der Waals surface area contributed by atoms with Gasteiger partial charge < -0.3 is 4.42 Å². The summed E-state index contributed by atoms with van der Waals surface area (Å²) in [5.74, 6) is 0. The average Bonchev–Trinajstić information content (AvgIpc) is 2.55. The maximum atomic E-state index is 4.95. The SMILES string of the molecule is Cn1nccc1-c1ccoc1. The van der Waals surface area contributed by atoms with Gasteiger partial charge in [0, 0.05) is 18.8 Å². The van der Waals surface area contributed by atoms with E-state index in [2.05, 4.69) is 5.10 Å². The first-order valence-electron chi connectivity index (χ1n) is 3.38. The Morgan fingerprint density at radius 1 is 1.45 bits per heavy atom. The molecule has 0 bridgehead atoms. The van der Waals surface area contributed by atoms with Crippen LogP contribution in [-0.4, -0.2) is 9.78 Å². The Balaban J connectivity index is 2.53. The van der Waals surface area contributed by atoms with Crippen molar-refractivity contribution in [3.63, 3.8) is 0 Å². The third-order valence-electron chi connectivity index (χ3n) is 1.64. The molecule has 0 unspecified atom stereocenters. The van der Waals surface area contributed by atoms with E-state index in [0.717, 1.165) is 11.3 Å². The molecule has 2 aromatic rings. The predicted molar refractivity (Wildman–Crippen MR) is 40.9 cm³/mol. The van der Waals surface area contributed by atoms with Crippen LogP contribution in [-0.2, 0) is 7.05 Å². The summed E-state index contributed by atoms with van der Waals surface area (Å²) in [6, 6.07) is 3.86. The Morgan fingerprint density at radius 3 is 2.91 bits per heavy atom. The Bertz CT molecular complexity index is 335. The molecule has 56 valence electrons. The molecule has 0 saturated carbocycles. The summed E-state index contributed by atoms with van der Waals surface area (Å²) in [4.78, 5) is 0. The van der Waals surface area contributed by atoms with E-state index >= 15 is 0 Å². The van der Waals surface area contributed by atoms with Crippen LogP contribution in [0.25, 0.3) is 11.3 Å². The van der Waals surface area contributed by atoms with Gasteiger partial charge in [0.05, 0.1) is 18.2 Å². The van der Waals surface area contributed by atoms with Crippen LogP contribution in [0.1, 0.15) is 0 Å². The van der Waals surface area contributed by atoms with Crippen molar-refractivity contribution in [3.05, 3.63) is 30.9 Å². The molecular weight excluding hydrogens is 140 g/mol. The molecule has 0 aliphatic rings. The normalized spacial score (nSPS) is 10.3. The standard InChI is InChI=1S/C8H8N2O/c1-10-8(2-4-9-10)7-3-5-11-6-7/h2-6H,1H3. The zero-order chi connectivity index (χ0) is 7.68. The van der Waals surface area contributed by atoms with Crippen molar-refractivity contribution in [2.24, 2.45) is 7.05 Å². The van der Waals surface area contributed by atoms with Crippen molar-refractivity contribution in [1.29, 1.82) is 0 Å². The monoisotopic (exact) mass is 148 g/mol. The molecule has 3 nitrogen and oxygen atoms in total. The summed E-state index contributed by atoms with van der Waals surface area (Å²) in [6.45, 7) is 0. The van der Waals surface area contributed by atoms with Crippen molar-refractivity contribution in [1.82, 2.24) is 9.78 Å². The minimum Gasteiger partial charge on any atom is -0.472 e. The van der Waals surface area contributed by atoms with Crippen LogP contribution in [0.2, 0.25) is 0 Å². The van der Waals surface area contributed by atoms with Gasteiger partial charge in [0.1, 0.15) is 0 Å². The summed E-state index contributed by atoms with van der Waals surface area (Å²) >= 11 is 0. The summed E-state index contributed by atoms with van der Waals surface area (Å²) in [5.41, 5.74) is 2.13. The highest BCUT2D eigenvalue weighted by Gasteiger charge is 2.01. The van der Waals surface area contributed by atoms with Gasteiger partial charge in [0.25, 0.3) is 0 Å². The first-order valence-corrected chi connectivity index (χ1v) is 3.38. The van der Waals surface area contributed by atoms with Crippen LogP contribution >= 0.6 is 0 Å². The number of hydrogen-bond acceptors (Lipinski definition) is 2. The Kier molecular flexibility index (Phi) is 1.28. The van der Waals surface area contributed by atoms with E-state index in [0.29, 0.717) is 0 Å². The van der Waals surface area contributed by atoms with Gasteiger partial charge in [0.2, 0.25) is 0 Å². The molecule has 0 aliphatic carbocycles. The van der Waals surface area contributed by atoms with Crippen LogP contribution in [0.15, 0.2) is 35.3 Å². The fourth-order valence-corrected chi connectivity index (χ4v) is 1.07. The molecule has 0 saturated heterocycles. The van der Waals surface area contributed by atoms with Gasteiger partial charge in [0.15, 0.2) is 0 Å². The lowest BCUT2D eigenvalue weighted by molar-refractivity contribution is 0.567. The van der Waals surface area contributed by atoms with Gasteiger partial charge >= 0.3 is 0 Å². The molecule has 2 heterocycles. The molecule has 0 amide bonds. The lowest BCUT2D eigenvalue weighted by Gasteiger charge is -1.94. The molecule has 0 radical (unpaired) electrons. The smallest absolute Gasteiger partial charge is 0.0996 e. The van der Waals surface area contributed by atoms with E-state index in [9.17, 15) is 0 Å². The van der Waals surface area contributed by atoms with Crippen molar-refractivity contribution in [3.8, 4) is 11.3 Å². The molecule has 0 aromatic carbocycles. The molecule has 3 heteroatoms. The summed E-state index contributed by atoms with van der Waals surface area (Å²) < 4.78 is 6.76. The summed E-state index contributed by atoms with van der Waals surface area (Å²) in [5, 5.41) is 4.05. The first-order chi connectivity index (χ1) is 5.38. The van der Waals surface area contributed by atoms with Crippen molar-refractivity contribution in [2.75, 3.05) is 0 Å². The number of hydrogen-bond donors (Lipinski definition) is 0. The van der Waals surface area contributed by atoms with Crippen LogP contribution < -0.4 is 0 Å². The molecule has 2 aromatic heterocycles. The highest BCUT2D eigenvalue weighted by atomic mass is 16.3. The first kappa shape index (κ1) is 6.22. The van der Waals surface area contributed by atoms with E-state index in [1.54, 1.807) is 18.7 Å². The fourth-order valence-electron chi connectivity index (χ4n) is 1.07. The molecule has 2 rings (SSSR count). The number of aryl methyl sites for hydroxylation is 1. The third kappa shape index (κ3) is 0.941. The zero-order valence-corrected chi connectivity index (χ0v) is 6.19. The van der Waals surface area contributed by atoms with Gasteiger partial charge in [-0.05, 0) is 12.1 Å². The predicted octanol–water partition coefficient (Wildman–Crippen LogP) is 1.68. The van der Waals surface area contributed by atoms with Crippen LogP contribution in [0, 0.1) is 0 Å². The highest BCUT2D eigenvalue weighted by molar-refractivity contribution is 5.56. The number of aromatic nitrogens is 2. The molecule has 0 N–H and O–H groups in total. The second kappa shape index (κ2) is 2.27. The summed E-state index contributed by atoms with van der Waals surface area (Å²) in [6.07, 6.45) is 5.13. The summed E-state index contributed by atoms with van der Waals surface area (Å²) in [7, 11) is 1.91. The second-order valence-electron chi connectivity index (χ2n) is 2.35. The van der Waals surface area contributed by atoms with Crippen molar-refractivity contribution in [2.45, 2.75) is 0 Å². The van der Waals surface area contributed by atoms with E-state index in [-0.39, 0.29) is 0 Å². The maximum Gasteiger partial charge on any atom is 0.0996 e. The largest absolute Gasteiger partial charge is 0.472 e. The molecular formula is C8H8N2O. The second-order valence-corrected chi connectivity index (χ2v) is 2.35. The third-order valence-corrected chi connectivity index (χ3v) is 1.64.